The number of fused-ring (bicyclic) bond motifs is 1. The molecule has 9 heteroatoms. The van der Waals surface area contributed by atoms with Gasteiger partial charge >= 0.3 is 17.6 Å². The van der Waals surface area contributed by atoms with Crippen LogP contribution in [-0.4, -0.2) is 17.0 Å². The molecule has 0 aliphatic carbocycles. The number of esters is 1. The highest BCUT2D eigenvalue weighted by atomic mass is 35.5. The Labute approximate surface area is 160 Å². The average molecular weight is 413 g/mol. The summed E-state index contributed by atoms with van der Waals surface area (Å²) in [5, 5.41) is 9.31. The normalized spacial score (nSPS) is 10.9. The standard InChI is InChI=1S/C17H10Cl2O6S/c1-7(20)24-16-11(18)5-8-4-10(17(23)25-15(8)14(16)19)12-3-2-9(26-12)6-13(21)22/h2-5H,6H2,1H3,(H,21,22). The fourth-order valence-corrected chi connectivity index (χ4v) is 3.94. The first kappa shape index (κ1) is 18.4. The molecule has 1 aromatic carbocycles. The Morgan fingerprint density at radius 3 is 2.65 bits per heavy atom. The molecule has 0 aliphatic rings. The quantitative estimate of drug-likeness (QED) is 0.388. The lowest BCUT2D eigenvalue weighted by molar-refractivity contribution is -0.136. The van der Waals surface area contributed by atoms with Crippen LogP contribution in [0.25, 0.3) is 21.4 Å². The maximum atomic E-state index is 12.4. The molecule has 0 amide bonds. The molecule has 0 aliphatic heterocycles. The molecular formula is C17H10Cl2O6S. The summed E-state index contributed by atoms with van der Waals surface area (Å²) in [5.41, 5.74) is -0.353. The minimum absolute atomic E-state index is 0.0448. The predicted octanol–water partition coefficient (Wildman–Crippen LogP) is 4.38. The van der Waals surface area contributed by atoms with Gasteiger partial charge in [-0.1, -0.05) is 23.2 Å². The number of aliphatic carboxylic acids is 1. The zero-order valence-corrected chi connectivity index (χ0v) is 15.5. The maximum absolute atomic E-state index is 12.4. The number of ether oxygens (including phenoxy) is 1. The van der Waals surface area contributed by atoms with Crippen molar-refractivity contribution in [2.24, 2.45) is 0 Å². The topological polar surface area (TPSA) is 93.8 Å². The van der Waals surface area contributed by atoms with E-state index in [-0.39, 0.29) is 33.4 Å². The molecule has 2 heterocycles. The van der Waals surface area contributed by atoms with Gasteiger partial charge in [-0.05, 0) is 24.3 Å². The Morgan fingerprint density at radius 1 is 1.27 bits per heavy atom. The van der Waals surface area contributed by atoms with Crippen LogP contribution in [0.2, 0.25) is 10.0 Å². The van der Waals surface area contributed by atoms with Gasteiger partial charge in [-0.15, -0.1) is 11.3 Å². The van der Waals surface area contributed by atoms with E-state index in [1.807, 2.05) is 0 Å². The summed E-state index contributed by atoms with van der Waals surface area (Å²) in [6, 6.07) is 6.31. The van der Waals surface area contributed by atoms with E-state index in [2.05, 4.69) is 0 Å². The number of thiophene rings is 1. The highest BCUT2D eigenvalue weighted by Gasteiger charge is 2.19. The van der Waals surface area contributed by atoms with E-state index in [4.69, 9.17) is 37.5 Å². The minimum atomic E-state index is -0.958. The third-order valence-electron chi connectivity index (χ3n) is 3.37. The van der Waals surface area contributed by atoms with Crippen molar-refractivity contribution in [1.82, 2.24) is 0 Å². The third-order valence-corrected chi connectivity index (χ3v) is 5.12. The van der Waals surface area contributed by atoms with Crippen LogP contribution in [0.3, 0.4) is 0 Å². The highest BCUT2D eigenvalue weighted by Crippen LogP contribution is 2.40. The number of halogens is 2. The van der Waals surface area contributed by atoms with E-state index < -0.39 is 17.6 Å². The summed E-state index contributed by atoms with van der Waals surface area (Å²) in [6.07, 6.45) is -0.132. The summed E-state index contributed by atoms with van der Waals surface area (Å²) in [4.78, 5) is 35.5. The Balaban J connectivity index is 2.14. The maximum Gasteiger partial charge on any atom is 0.345 e. The molecule has 0 spiro atoms. The number of carbonyl (C=O) groups is 2. The summed E-state index contributed by atoms with van der Waals surface area (Å²) < 4.78 is 10.3. The van der Waals surface area contributed by atoms with Crippen LogP contribution < -0.4 is 10.4 Å². The molecule has 0 radical (unpaired) electrons. The molecule has 0 bridgehead atoms. The molecule has 0 fully saturated rings. The predicted molar refractivity (Wildman–Crippen MR) is 98.5 cm³/mol. The smallest absolute Gasteiger partial charge is 0.345 e. The molecule has 0 saturated carbocycles. The van der Waals surface area contributed by atoms with Gasteiger partial charge in [-0.3, -0.25) is 9.59 Å². The molecular weight excluding hydrogens is 403 g/mol. The van der Waals surface area contributed by atoms with Crippen LogP contribution in [0.5, 0.6) is 5.75 Å². The lowest BCUT2D eigenvalue weighted by Crippen LogP contribution is -2.05. The Hall–Kier alpha value is -2.35. The number of carboxylic acid groups (broad SMARTS) is 1. The molecule has 3 aromatic rings. The third kappa shape index (κ3) is 3.60. The number of carbonyl (C=O) groups excluding carboxylic acids is 1. The number of hydrogen-bond acceptors (Lipinski definition) is 6. The summed E-state index contributed by atoms with van der Waals surface area (Å²) in [5.74, 6) is -1.65. The molecule has 1 N–H and O–H groups in total. The van der Waals surface area contributed by atoms with Crippen molar-refractivity contribution in [3.63, 3.8) is 0 Å². The van der Waals surface area contributed by atoms with E-state index in [0.29, 0.717) is 15.1 Å². The first-order valence-corrected chi connectivity index (χ1v) is 8.78. The van der Waals surface area contributed by atoms with Gasteiger partial charge in [0, 0.05) is 22.1 Å². The van der Waals surface area contributed by atoms with E-state index >= 15 is 0 Å². The average Bonchev–Trinajstić information content (AvgIpc) is 2.99. The van der Waals surface area contributed by atoms with Crippen molar-refractivity contribution in [2.75, 3.05) is 0 Å². The molecule has 0 saturated heterocycles. The van der Waals surface area contributed by atoms with Crippen LogP contribution in [0.4, 0.5) is 0 Å². The second-order valence-corrected chi connectivity index (χ2v) is 7.25. The fourth-order valence-electron chi connectivity index (χ4n) is 2.35. The van der Waals surface area contributed by atoms with E-state index in [1.54, 1.807) is 18.2 Å². The van der Waals surface area contributed by atoms with E-state index in [1.165, 1.54) is 24.3 Å². The van der Waals surface area contributed by atoms with Gasteiger partial charge in [0.1, 0.15) is 5.02 Å². The van der Waals surface area contributed by atoms with Gasteiger partial charge in [0.2, 0.25) is 0 Å². The zero-order valence-electron chi connectivity index (χ0n) is 13.2. The zero-order chi connectivity index (χ0) is 19.0. The van der Waals surface area contributed by atoms with Crippen LogP contribution in [0.15, 0.2) is 33.5 Å². The Bertz CT molecular complexity index is 1100. The van der Waals surface area contributed by atoms with Gasteiger partial charge < -0.3 is 14.3 Å². The molecule has 0 unspecified atom stereocenters. The number of rotatable bonds is 4. The number of hydrogen-bond donors (Lipinski definition) is 1. The van der Waals surface area contributed by atoms with Gasteiger partial charge in [0.25, 0.3) is 0 Å². The van der Waals surface area contributed by atoms with E-state index in [0.717, 1.165) is 0 Å². The van der Waals surface area contributed by atoms with Gasteiger partial charge in [0.15, 0.2) is 11.3 Å². The van der Waals surface area contributed by atoms with Crippen molar-refractivity contribution < 1.29 is 23.8 Å². The van der Waals surface area contributed by atoms with E-state index in [9.17, 15) is 14.4 Å². The molecule has 3 rings (SSSR count). The summed E-state index contributed by atoms with van der Waals surface area (Å²) in [7, 11) is 0. The van der Waals surface area contributed by atoms with Crippen molar-refractivity contribution >= 4 is 57.4 Å². The molecule has 0 atom stereocenters. The molecule has 2 aromatic heterocycles. The van der Waals surface area contributed by atoms with Crippen molar-refractivity contribution in [3.05, 3.63) is 49.6 Å². The Morgan fingerprint density at radius 2 is 2.00 bits per heavy atom. The lowest BCUT2D eigenvalue weighted by Gasteiger charge is -2.09. The van der Waals surface area contributed by atoms with Gasteiger partial charge in [0.05, 0.1) is 17.0 Å². The first-order chi connectivity index (χ1) is 12.3. The molecule has 6 nitrogen and oxygen atoms in total. The minimum Gasteiger partial charge on any atom is -0.481 e. The molecule has 26 heavy (non-hydrogen) atoms. The first-order valence-electron chi connectivity index (χ1n) is 7.21. The Kier molecular flexibility index (Phi) is 5.04. The number of carboxylic acids is 1. The van der Waals surface area contributed by atoms with Crippen molar-refractivity contribution in [2.45, 2.75) is 13.3 Å². The van der Waals surface area contributed by atoms with Crippen LogP contribution in [0.1, 0.15) is 11.8 Å². The highest BCUT2D eigenvalue weighted by molar-refractivity contribution is 7.15. The van der Waals surface area contributed by atoms with Gasteiger partial charge in [-0.25, -0.2) is 4.79 Å². The van der Waals surface area contributed by atoms with Gasteiger partial charge in [-0.2, -0.15) is 0 Å². The SMILES string of the molecule is CC(=O)Oc1c(Cl)cc2cc(-c3ccc(CC(=O)O)s3)c(=O)oc2c1Cl. The second-order valence-electron chi connectivity index (χ2n) is 5.30. The summed E-state index contributed by atoms with van der Waals surface area (Å²) in [6.45, 7) is 1.20. The van der Waals surface area contributed by atoms with Crippen LogP contribution >= 0.6 is 34.5 Å². The number of benzene rings is 1. The second kappa shape index (κ2) is 7.11. The van der Waals surface area contributed by atoms with Crippen molar-refractivity contribution in [1.29, 1.82) is 0 Å². The largest absolute Gasteiger partial charge is 0.481 e. The fraction of sp³-hybridized carbons (Fsp3) is 0.118. The van der Waals surface area contributed by atoms with Crippen LogP contribution in [0, 0.1) is 0 Å². The summed E-state index contributed by atoms with van der Waals surface area (Å²) >= 11 is 13.5. The monoisotopic (exact) mass is 412 g/mol. The lowest BCUT2D eigenvalue weighted by atomic mass is 10.1. The van der Waals surface area contributed by atoms with Crippen LogP contribution in [-0.2, 0) is 16.0 Å². The molecule has 134 valence electrons. The van der Waals surface area contributed by atoms with Crippen molar-refractivity contribution in [3.8, 4) is 16.2 Å².